The predicted molar refractivity (Wildman–Crippen MR) is 160 cm³/mol. The smallest absolute Gasteiger partial charge is 0.243 e. The molecule has 1 fully saturated rings. The van der Waals surface area contributed by atoms with Gasteiger partial charge in [0.05, 0.1) is 21.5 Å². The maximum absolute atomic E-state index is 13.8. The fourth-order valence-electron chi connectivity index (χ4n) is 5.17. The lowest BCUT2D eigenvalue weighted by Gasteiger charge is -2.33. The molecule has 4 rings (SSSR count). The van der Waals surface area contributed by atoms with Crippen LogP contribution in [0.15, 0.2) is 65.6 Å². The summed E-state index contributed by atoms with van der Waals surface area (Å²) in [5, 5.41) is 5.55. The quantitative estimate of drug-likeness (QED) is 0.307. The van der Waals surface area contributed by atoms with Crippen molar-refractivity contribution in [1.82, 2.24) is 14.5 Å². The zero-order valence-electron chi connectivity index (χ0n) is 22.8. The van der Waals surface area contributed by atoms with E-state index in [1.165, 1.54) is 11.9 Å². The average molecular weight is 605 g/mol. The molecule has 1 aliphatic rings. The number of hydrogen-bond acceptors (Lipinski definition) is 4. The first kappa shape index (κ1) is 30.3. The minimum atomic E-state index is -3.97. The molecule has 10 heteroatoms. The van der Waals surface area contributed by atoms with Crippen LogP contribution in [0.5, 0.6) is 0 Å². The number of benzene rings is 3. The van der Waals surface area contributed by atoms with Crippen LogP contribution in [-0.4, -0.2) is 55.1 Å². The molecule has 0 heterocycles. The summed E-state index contributed by atoms with van der Waals surface area (Å²) in [6.07, 6.45) is 5.47. The summed E-state index contributed by atoms with van der Waals surface area (Å²) in [4.78, 5) is 28.8. The highest BCUT2D eigenvalue weighted by atomic mass is 35.5. The van der Waals surface area contributed by atoms with Gasteiger partial charge < -0.3 is 10.2 Å². The lowest BCUT2D eigenvalue weighted by Crippen LogP contribution is -2.53. The fourth-order valence-corrected chi connectivity index (χ4v) is 6.65. The predicted octanol–water partition coefficient (Wildman–Crippen LogP) is 6.02. The summed E-state index contributed by atoms with van der Waals surface area (Å²) in [5.74, 6) is -0.716. The second-order valence-corrected chi connectivity index (χ2v) is 13.2. The van der Waals surface area contributed by atoms with Crippen molar-refractivity contribution in [3.63, 3.8) is 0 Å². The molecule has 40 heavy (non-hydrogen) atoms. The number of nitrogens with zero attached hydrogens (tertiary/aromatic N) is 2. The maximum Gasteiger partial charge on any atom is 0.243 e. The minimum absolute atomic E-state index is 0.0770. The van der Waals surface area contributed by atoms with Gasteiger partial charge in [0, 0.05) is 19.6 Å². The van der Waals surface area contributed by atoms with E-state index >= 15 is 0 Å². The molecule has 3 aromatic carbocycles. The standard InChI is InChI=1S/C30H35Cl2N3O4S/c1-3-28(30(37)33-24-11-5-4-6-12-24)35(19-21-13-16-26(31)27(32)17-21)29(36)20-34(2)40(38,39)25-15-14-22-9-7-8-10-23(22)18-25/h7-10,13-18,24,28H,3-6,11-12,19-20H2,1-2H3,(H,33,37)/t28-/m0/s1. The Balaban J connectivity index is 1.58. The third kappa shape index (κ3) is 7.16. The topological polar surface area (TPSA) is 86.8 Å². The molecular weight excluding hydrogens is 569 g/mol. The number of carbonyl (C=O) groups excluding carboxylic acids is 2. The Hall–Kier alpha value is -2.65. The molecule has 2 amide bonds. The summed E-state index contributed by atoms with van der Waals surface area (Å²) in [7, 11) is -2.60. The van der Waals surface area contributed by atoms with Gasteiger partial charge in [0.15, 0.2) is 0 Å². The Bertz CT molecular complexity index is 1470. The van der Waals surface area contributed by atoms with Crippen LogP contribution in [0.25, 0.3) is 10.8 Å². The molecule has 1 atom stereocenters. The van der Waals surface area contributed by atoms with E-state index in [1.807, 2.05) is 31.2 Å². The van der Waals surface area contributed by atoms with E-state index in [0.29, 0.717) is 22.0 Å². The molecule has 0 bridgehead atoms. The number of halogens is 2. The van der Waals surface area contributed by atoms with E-state index < -0.39 is 28.5 Å². The molecule has 0 aliphatic heterocycles. The van der Waals surface area contributed by atoms with Gasteiger partial charge in [0.2, 0.25) is 21.8 Å². The molecule has 0 radical (unpaired) electrons. The van der Waals surface area contributed by atoms with Crippen molar-refractivity contribution >= 4 is 55.8 Å². The zero-order chi connectivity index (χ0) is 28.9. The van der Waals surface area contributed by atoms with Crippen molar-refractivity contribution in [1.29, 1.82) is 0 Å². The molecule has 7 nitrogen and oxygen atoms in total. The molecule has 0 unspecified atom stereocenters. The molecule has 1 N–H and O–H groups in total. The first-order chi connectivity index (χ1) is 19.1. The number of amides is 2. The van der Waals surface area contributed by atoms with Gasteiger partial charge in [0.1, 0.15) is 6.04 Å². The summed E-state index contributed by atoms with van der Waals surface area (Å²) in [6.45, 7) is 1.50. The van der Waals surface area contributed by atoms with Gasteiger partial charge in [0.25, 0.3) is 0 Å². The van der Waals surface area contributed by atoms with Crippen molar-refractivity contribution in [3.05, 3.63) is 76.3 Å². The van der Waals surface area contributed by atoms with Gasteiger partial charge in [-0.1, -0.05) is 85.8 Å². The van der Waals surface area contributed by atoms with Gasteiger partial charge in [-0.2, -0.15) is 4.31 Å². The Kier molecular flexibility index (Phi) is 10.1. The Morgan fingerprint density at radius 3 is 2.33 bits per heavy atom. The Morgan fingerprint density at radius 1 is 0.950 bits per heavy atom. The van der Waals surface area contributed by atoms with Crippen molar-refractivity contribution in [2.45, 2.75) is 69.0 Å². The van der Waals surface area contributed by atoms with Crippen LogP contribution in [0.2, 0.25) is 10.0 Å². The summed E-state index contributed by atoms with van der Waals surface area (Å²) in [5.41, 5.74) is 0.687. The monoisotopic (exact) mass is 603 g/mol. The van der Waals surface area contributed by atoms with E-state index in [9.17, 15) is 18.0 Å². The van der Waals surface area contributed by atoms with Gasteiger partial charge in [-0.25, -0.2) is 8.42 Å². The normalized spacial score (nSPS) is 15.2. The van der Waals surface area contributed by atoms with Crippen molar-refractivity contribution in [2.24, 2.45) is 0 Å². The van der Waals surface area contributed by atoms with Crippen LogP contribution >= 0.6 is 23.2 Å². The molecule has 1 aliphatic carbocycles. The van der Waals surface area contributed by atoms with E-state index in [0.717, 1.165) is 47.2 Å². The van der Waals surface area contributed by atoms with Crippen molar-refractivity contribution in [2.75, 3.05) is 13.6 Å². The van der Waals surface area contributed by atoms with Crippen molar-refractivity contribution < 1.29 is 18.0 Å². The lowest BCUT2D eigenvalue weighted by atomic mass is 9.95. The third-order valence-corrected chi connectivity index (χ3v) is 10.00. The van der Waals surface area contributed by atoms with Gasteiger partial charge in [-0.15, -0.1) is 0 Å². The highest BCUT2D eigenvalue weighted by molar-refractivity contribution is 7.89. The van der Waals surface area contributed by atoms with Crippen LogP contribution in [0.4, 0.5) is 0 Å². The van der Waals surface area contributed by atoms with Crippen LogP contribution < -0.4 is 5.32 Å². The number of nitrogens with one attached hydrogen (secondary N) is 1. The molecular formula is C30H35Cl2N3O4S. The third-order valence-electron chi connectivity index (χ3n) is 7.46. The highest BCUT2D eigenvalue weighted by Gasteiger charge is 2.33. The van der Waals surface area contributed by atoms with Crippen LogP contribution in [0.3, 0.4) is 0 Å². The number of rotatable bonds is 10. The fraction of sp³-hybridized carbons (Fsp3) is 0.400. The molecule has 1 saturated carbocycles. The molecule has 214 valence electrons. The van der Waals surface area contributed by atoms with Crippen molar-refractivity contribution in [3.8, 4) is 0 Å². The average Bonchev–Trinajstić information content (AvgIpc) is 2.95. The molecule has 0 saturated heterocycles. The number of hydrogen-bond donors (Lipinski definition) is 1. The first-order valence-corrected chi connectivity index (χ1v) is 15.8. The number of sulfonamides is 1. The second kappa shape index (κ2) is 13.3. The lowest BCUT2D eigenvalue weighted by molar-refractivity contribution is -0.141. The van der Waals surface area contributed by atoms with Gasteiger partial charge in [-0.3, -0.25) is 9.59 Å². The molecule has 0 spiro atoms. The highest BCUT2D eigenvalue weighted by Crippen LogP contribution is 2.26. The SMILES string of the molecule is CC[C@@H](C(=O)NC1CCCCC1)N(Cc1ccc(Cl)c(Cl)c1)C(=O)CN(C)S(=O)(=O)c1ccc2ccccc2c1. The van der Waals surface area contributed by atoms with Gasteiger partial charge in [-0.05, 0) is 59.9 Å². The molecule has 0 aromatic heterocycles. The van der Waals surface area contributed by atoms with Crippen LogP contribution in [0, 0.1) is 0 Å². The molecule has 3 aromatic rings. The first-order valence-electron chi connectivity index (χ1n) is 13.6. The van der Waals surface area contributed by atoms with E-state index in [1.54, 1.807) is 36.4 Å². The van der Waals surface area contributed by atoms with Gasteiger partial charge >= 0.3 is 0 Å². The van der Waals surface area contributed by atoms with Crippen LogP contribution in [0.1, 0.15) is 51.0 Å². The summed E-state index contributed by atoms with van der Waals surface area (Å²) < 4.78 is 27.9. The van der Waals surface area contributed by atoms with E-state index in [4.69, 9.17) is 23.2 Å². The Morgan fingerprint density at radius 2 is 1.65 bits per heavy atom. The summed E-state index contributed by atoms with van der Waals surface area (Å²) in [6, 6.07) is 16.7. The summed E-state index contributed by atoms with van der Waals surface area (Å²) >= 11 is 12.3. The minimum Gasteiger partial charge on any atom is -0.352 e. The maximum atomic E-state index is 13.8. The Labute approximate surface area is 246 Å². The van der Waals surface area contributed by atoms with Crippen LogP contribution in [-0.2, 0) is 26.2 Å². The van der Waals surface area contributed by atoms with E-state index in [-0.39, 0.29) is 23.4 Å². The largest absolute Gasteiger partial charge is 0.352 e. The second-order valence-electron chi connectivity index (χ2n) is 10.3. The number of likely N-dealkylation sites (N-methyl/N-ethyl adjacent to an activating group) is 1. The number of carbonyl (C=O) groups is 2. The van der Waals surface area contributed by atoms with E-state index in [2.05, 4.69) is 5.32 Å². The number of fused-ring (bicyclic) bond motifs is 1. The zero-order valence-corrected chi connectivity index (χ0v) is 25.1.